The summed E-state index contributed by atoms with van der Waals surface area (Å²) in [5.74, 6) is -0.489. The minimum absolute atomic E-state index is 0.00157. The number of anilines is 1. The average Bonchev–Trinajstić information content (AvgIpc) is 2.88. The Morgan fingerprint density at radius 1 is 1.25 bits per heavy atom. The highest BCUT2D eigenvalue weighted by Crippen LogP contribution is 2.31. The van der Waals surface area contributed by atoms with E-state index in [4.69, 9.17) is 23.2 Å². The smallest absolute Gasteiger partial charge is 0.270 e. The number of halogens is 2. The molecule has 1 amide bonds. The third kappa shape index (κ3) is 3.19. The van der Waals surface area contributed by atoms with Crippen LogP contribution in [0.25, 0.3) is 10.2 Å². The van der Waals surface area contributed by atoms with Gasteiger partial charge in [-0.3, -0.25) is 20.2 Å². The third-order valence-corrected chi connectivity index (χ3v) is 4.95. The van der Waals surface area contributed by atoms with E-state index in [1.165, 1.54) is 23.5 Å². The molecule has 3 rings (SSSR count). The molecule has 0 aliphatic heterocycles. The Bertz CT molecular complexity index is 948. The summed E-state index contributed by atoms with van der Waals surface area (Å²) in [5, 5.41) is 14.4. The zero-order chi connectivity index (χ0) is 17.4. The lowest BCUT2D eigenvalue weighted by atomic mass is 10.2. The molecule has 0 aliphatic rings. The molecule has 0 saturated heterocycles. The Kier molecular flexibility index (Phi) is 4.40. The van der Waals surface area contributed by atoms with Gasteiger partial charge in [0.2, 0.25) is 0 Å². The largest absolute Gasteiger partial charge is 0.298 e. The molecule has 122 valence electrons. The van der Waals surface area contributed by atoms with Crippen molar-refractivity contribution in [1.82, 2.24) is 4.98 Å². The summed E-state index contributed by atoms with van der Waals surface area (Å²) in [6.45, 7) is 1.89. The first kappa shape index (κ1) is 16.6. The van der Waals surface area contributed by atoms with E-state index in [1.54, 1.807) is 6.07 Å². The van der Waals surface area contributed by atoms with E-state index < -0.39 is 10.8 Å². The number of benzene rings is 2. The number of hydrogen-bond acceptors (Lipinski definition) is 5. The summed E-state index contributed by atoms with van der Waals surface area (Å²) >= 11 is 13.3. The minimum Gasteiger partial charge on any atom is -0.298 e. The van der Waals surface area contributed by atoms with E-state index >= 15 is 0 Å². The number of nitrogens with zero attached hydrogens (tertiary/aromatic N) is 2. The van der Waals surface area contributed by atoms with Crippen molar-refractivity contribution in [3.63, 3.8) is 0 Å². The predicted octanol–water partition coefficient (Wildman–Crippen LogP) is 5.07. The van der Waals surface area contributed by atoms with Crippen LogP contribution >= 0.6 is 34.5 Å². The van der Waals surface area contributed by atoms with Crippen molar-refractivity contribution < 1.29 is 9.72 Å². The maximum absolute atomic E-state index is 12.3. The van der Waals surface area contributed by atoms with Crippen LogP contribution in [0.15, 0.2) is 30.3 Å². The average molecular weight is 382 g/mol. The van der Waals surface area contributed by atoms with E-state index in [0.29, 0.717) is 15.7 Å². The first-order valence-electron chi connectivity index (χ1n) is 6.67. The summed E-state index contributed by atoms with van der Waals surface area (Å²) < 4.78 is 0.891. The molecule has 0 spiro atoms. The van der Waals surface area contributed by atoms with Gasteiger partial charge in [-0.1, -0.05) is 34.5 Å². The number of hydrogen-bond donors (Lipinski definition) is 1. The number of fused-ring (bicyclic) bond motifs is 1. The Morgan fingerprint density at radius 2 is 2.00 bits per heavy atom. The van der Waals surface area contributed by atoms with E-state index in [2.05, 4.69) is 10.3 Å². The Labute approximate surface area is 150 Å². The molecule has 1 aromatic heterocycles. The molecule has 1 N–H and O–H groups in total. The van der Waals surface area contributed by atoms with E-state index in [9.17, 15) is 14.9 Å². The fourth-order valence-electron chi connectivity index (χ4n) is 2.07. The van der Waals surface area contributed by atoms with Crippen LogP contribution in [0.3, 0.4) is 0 Å². The Hall–Kier alpha value is -2.22. The zero-order valence-corrected chi connectivity index (χ0v) is 14.5. The molecular weight excluding hydrogens is 373 g/mol. The van der Waals surface area contributed by atoms with Gasteiger partial charge in [0.25, 0.3) is 11.6 Å². The number of aryl methyl sites for hydroxylation is 1. The van der Waals surface area contributed by atoms with Gasteiger partial charge in [-0.25, -0.2) is 4.98 Å². The van der Waals surface area contributed by atoms with Crippen molar-refractivity contribution in [2.45, 2.75) is 6.92 Å². The normalized spacial score (nSPS) is 10.8. The lowest BCUT2D eigenvalue weighted by molar-refractivity contribution is -0.384. The first-order chi connectivity index (χ1) is 11.3. The fraction of sp³-hybridized carbons (Fsp3) is 0.0667. The minimum atomic E-state index is -0.576. The SMILES string of the molecule is Cc1cc2sc(NC(=O)c3ccc([N+](=O)[O-])cc3Cl)nc2cc1Cl. The summed E-state index contributed by atoms with van der Waals surface area (Å²) in [5.41, 5.74) is 1.56. The molecular formula is C15H9Cl2N3O3S. The van der Waals surface area contributed by atoms with Crippen LogP contribution in [-0.4, -0.2) is 15.8 Å². The van der Waals surface area contributed by atoms with Gasteiger partial charge in [0, 0.05) is 17.2 Å². The molecule has 0 bridgehead atoms. The van der Waals surface area contributed by atoms with E-state index in [0.717, 1.165) is 16.3 Å². The van der Waals surface area contributed by atoms with Gasteiger partial charge in [0.05, 0.1) is 25.7 Å². The molecule has 2 aromatic carbocycles. The number of aromatic nitrogens is 1. The van der Waals surface area contributed by atoms with Gasteiger partial charge in [0.15, 0.2) is 5.13 Å². The maximum atomic E-state index is 12.3. The number of rotatable bonds is 3. The molecule has 6 nitrogen and oxygen atoms in total. The number of thiazole rings is 1. The molecule has 0 aliphatic carbocycles. The van der Waals surface area contributed by atoms with Gasteiger partial charge in [-0.05, 0) is 30.7 Å². The number of carbonyl (C=O) groups is 1. The molecule has 0 saturated carbocycles. The molecule has 0 unspecified atom stereocenters. The Morgan fingerprint density at radius 3 is 2.67 bits per heavy atom. The van der Waals surface area contributed by atoms with Crippen molar-refractivity contribution in [2.24, 2.45) is 0 Å². The topological polar surface area (TPSA) is 85.1 Å². The highest BCUT2D eigenvalue weighted by Gasteiger charge is 2.16. The molecule has 0 atom stereocenters. The second kappa shape index (κ2) is 6.35. The van der Waals surface area contributed by atoms with Crippen molar-refractivity contribution in [2.75, 3.05) is 5.32 Å². The summed E-state index contributed by atoms with van der Waals surface area (Å²) in [6, 6.07) is 7.30. The van der Waals surface area contributed by atoms with Crippen LogP contribution in [0.4, 0.5) is 10.8 Å². The number of non-ortho nitro benzene ring substituents is 1. The fourth-order valence-corrected chi connectivity index (χ4v) is 3.43. The molecule has 3 aromatic rings. The summed E-state index contributed by atoms with van der Waals surface area (Å²) in [7, 11) is 0. The molecule has 1 heterocycles. The van der Waals surface area contributed by atoms with Crippen LogP contribution in [-0.2, 0) is 0 Å². The summed E-state index contributed by atoms with van der Waals surface area (Å²) in [6.07, 6.45) is 0. The van der Waals surface area contributed by atoms with Crippen molar-refractivity contribution in [1.29, 1.82) is 0 Å². The lowest BCUT2D eigenvalue weighted by Crippen LogP contribution is -2.12. The number of nitrogens with one attached hydrogen (secondary N) is 1. The van der Waals surface area contributed by atoms with Gasteiger partial charge in [0.1, 0.15) is 0 Å². The maximum Gasteiger partial charge on any atom is 0.270 e. The van der Waals surface area contributed by atoms with Crippen LogP contribution in [0.2, 0.25) is 10.0 Å². The number of nitro groups is 1. The molecule has 0 fully saturated rings. The van der Waals surface area contributed by atoms with Crippen LogP contribution < -0.4 is 5.32 Å². The lowest BCUT2D eigenvalue weighted by Gasteiger charge is -2.03. The van der Waals surface area contributed by atoms with Crippen molar-refractivity contribution in [3.8, 4) is 0 Å². The van der Waals surface area contributed by atoms with Gasteiger partial charge >= 0.3 is 0 Å². The van der Waals surface area contributed by atoms with Crippen LogP contribution in [0, 0.1) is 17.0 Å². The van der Waals surface area contributed by atoms with Crippen molar-refractivity contribution in [3.05, 3.63) is 61.6 Å². The predicted molar refractivity (Wildman–Crippen MR) is 95.4 cm³/mol. The zero-order valence-electron chi connectivity index (χ0n) is 12.2. The molecule has 0 radical (unpaired) electrons. The van der Waals surface area contributed by atoms with Gasteiger partial charge in [-0.2, -0.15) is 0 Å². The Balaban J connectivity index is 1.88. The van der Waals surface area contributed by atoms with Crippen molar-refractivity contribution >= 4 is 61.5 Å². The van der Waals surface area contributed by atoms with Gasteiger partial charge < -0.3 is 0 Å². The number of nitro benzene ring substituents is 1. The monoisotopic (exact) mass is 381 g/mol. The molecule has 9 heteroatoms. The van der Waals surface area contributed by atoms with E-state index in [-0.39, 0.29) is 16.3 Å². The highest BCUT2D eigenvalue weighted by molar-refractivity contribution is 7.22. The second-order valence-electron chi connectivity index (χ2n) is 4.96. The summed E-state index contributed by atoms with van der Waals surface area (Å²) in [4.78, 5) is 26.7. The van der Waals surface area contributed by atoms with Crippen LogP contribution in [0.5, 0.6) is 0 Å². The number of carbonyl (C=O) groups excluding carboxylic acids is 1. The quantitative estimate of drug-likeness (QED) is 0.506. The second-order valence-corrected chi connectivity index (χ2v) is 6.81. The molecule has 24 heavy (non-hydrogen) atoms. The third-order valence-electron chi connectivity index (χ3n) is 3.30. The van der Waals surface area contributed by atoms with E-state index in [1.807, 2.05) is 13.0 Å². The highest BCUT2D eigenvalue weighted by atomic mass is 35.5. The first-order valence-corrected chi connectivity index (χ1v) is 8.24. The number of amides is 1. The standard InChI is InChI=1S/C15H9Cl2N3O3S/c1-7-4-13-12(6-10(7)16)18-15(24-13)19-14(21)9-3-2-8(20(22)23)5-11(9)17/h2-6H,1H3,(H,18,19,21). The van der Waals surface area contributed by atoms with Gasteiger partial charge in [-0.15, -0.1) is 0 Å². The van der Waals surface area contributed by atoms with Crippen LogP contribution in [0.1, 0.15) is 15.9 Å².